The van der Waals surface area contributed by atoms with Crippen molar-refractivity contribution in [3.8, 4) is 0 Å². The van der Waals surface area contributed by atoms with E-state index in [9.17, 15) is 24.3 Å². The lowest BCUT2D eigenvalue weighted by atomic mass is 9.87. The number of nitrogens with one attached hydrogen (secondary N) is 4. The van der Waals surface area contributed by atoms with Gasteiger partial charge in [0.2, 0.25) is 23.6 Å². The lowest BCUT2D eigenvalue weighted by Crippen LogP contribution is -2.55. The molecule has 9 heteroatoms. The molecule has 4 aromatic rings. The maximum Gasteiger partial charge on any atom is 0.242 e. The van der Waals surface area contributed by atoms with Crippen LogP contribution in [0.2, 0.25) is 0 Å². The average molecular weight is 709 g/mol. The van der Waals surface area contributed by atoms with Crippen molar-refractivity contribution in [3.63, 3.8) is 0 Å². The van der Waals surface area contributed by atoms with Crippen molar-refractivity contribution in [2.75, 3.05) is 13.1 Å². The summed E-state index contributed by atoms with van der Waals surface area (Å²) in [6, 6.07) is 26.7. The molecule has 0 saturated heterocycles. The van der Waals surface area contributed by atoms with Crippen LogP contribution in [0.25, 0.3) is 21.5 Å². The van der Waals surface area contributed by atoms with Crippen LogP contribution in [-0.4, -0.2) is 60.0 Å². The highest BCUT2D eigenvalue weighted by molar-refractivity contribution is 5.91. The molecular formula is C43H56N4O5. The third-order valence-corrected chi connectivity index (χ3v) is 9.76. The Hall–Kier alpha value is -4.76. The van der Waals surface area contributed by atoms with E-state index in [0.717, 1.165) is 39.1 Å². The molecule has 0 aliphatic rings. The van der Waals surface area contributed by atoms with Crippen LogP contribution in [0.4, 0.5) is 0 Å². The summed E-state index contributed by atoms with van der Waals surface area (Å²) in [5, 5.41) is 27.1. The van der Waals surface area contributed by atoms with Crippen LogP contribution in [-0.2, 0) is 32.0 Å². The van der Waals surface area contributed by atoms with Crippen LogP contribution in [0.1, 0.15) is 71.4 Å². The molecule has 0 radical (unpaired) electrons. The van der Waals surface area contributed by atoms with E-state index in [1.165, 1.54) is 6.92 Å². The van der Waals surface area contributed by atoms with Gasteiger partial charge in [0.15, 0.2) is 0 Å². The minimum Gasteiger partial charge on any atom is -0.390 e. The van der Waals surface area contributed by atoms with Crippen molar-refractivity contribution in [1.82, 2.24) is 21.3 Å². The van der Waals surface area contributed by atoms with Gasteiger partial charge in [0.05, 0.1) is 18.6 Å². The summed E-state index contributed by atoms with van der Waals surface area (Å²) in [4.78, 5) is 53.0. The summed E-state index contributed by atoms with van der Waals surface area (Å²) in [6.45, 7) is 10.1. The zero-order chi connectivity index (χ0) is 37.6. The first-order valence-electron chi connectivity index (χ1n) is 18.7. The van der Waals surface area contributed by atoms with E-state index >= 15 is 0 Å². The minimum absolute atomic E-state index is 0.112. The Balaban J connectivity index is 1.60. The third-order valence-electron chi connectivity index (χ3n) is 9.76. The average Bonchev–Trinajstić information content (AvgIpc) is 3.12. The molecule has 4 amide bonds. The number of hydrogen-bond donors (Lipinski definition) is 5. The van der Waals surface area contributed by atoms with Crippen molar-refractivity contribution < 1.29 is 24.3 Å². The molecule has 278 valence electrons. The highest BCUT2D eigenvalue weighted by atomic mass is 16.3. The van der Waals surface area contributed by atoms with E-state index < -0.39 is 30.0 Å². The van der Waals surface area contributed by atoms with Gasteiger partial charge < -0.3 is 26.4 Å². The summed E-state index contributed by atoms with van der Waals surface area (Å²) in [6.07, 6.45) is 1.10. The predicted octanol–water partition coefficient (Wildman–Crippen LogP) is 5.85. The van der Waals surface area contributed by atoms with E-state index in [0.29, 0.717) is 31.7 Å². The first kappa shape index (κ1) is 40.0. The van der Waals surface area contributed by atoms with Crippen LogP contribution in [0.15, 0.2) is 84.9 Å². The molecule has 3 unspecified atom stereocenters. The van der Waals surface area contributed by atoms with Crippen molar-refractivity contribution in [2.24, 2.45) is 17.8 Å². The van der Waals surface area contributed by atoms with Crippen molar-refractivity contribution in [2.45, 2.75) is 91.3 Å². The van der Waals surface area contributed by atoms with Gasteiger partial charge in [-0.2, -0.15) is 0 Å². The summed E-state index contributed by atoms with van der Waals surface area (Å²) in [7, 11) is 0. The second kappa shape index (κ2) is 19.7. The van der Waals surface area contributed by atoms with Gasteiger partial charge in [-0.3, -0.25) is 19.2 Å². The number of aliphatic hydroxyl groups excluding tert-OH is 1. The predicted molar refractivity (Wildman–Crippen MR) is 208 cm³/mol. The Kier molecular flexibility index (Phi) is 15.2. The number of carbonyl (C=O) groups excluding carboxylic acids is 4. The largest absolute Gasteiger partial charge is 0.390 e. The molecule has 0 fully saturated rings. The zero-order valence-corrected chi connectivity index (χ0v) is 31.3. The molecule has 52 heavy (non-hydrogen) atoms. The van der Waals surface area contributed by atoms with E-state index in [1.54, 1.807) is 0 Å². The van der Waals surface area contributed by atoms with Crippen LogP contribution in [0, 0.1) is 17.8 Å². The van der Waals surface area contributed by atoms with Crippen LogP contribution in [0.3, 0.4) is 0 Å². The summed E-state index contributed by atoms with van der Waals surface area (Å²) < 4.78 is 0. The van der Waals surface area contributed by atoms with Gasteiger partial charge in [-0.25, -0.2) is 0 Å². The minimum atomic E-state index is -1.12. The number of hydrogen-bond acceptors (Lipinski definition) is 5. The van der Waals surface area contributed by atoms with E-state index in [2.05, 4.69) is 64.6 Å². The molecule has 4 atom stereocenters. The van der Waals surface area contributed by atoms with E-state index in [1.807, 2.05) is 69.3 Å². The number of rotatable bonds is 19. The Labute approximate surface area is 308 Å². The molecule has 4 aromatic carbocycles. The molecule has 9 nitrogen and oxygen atoms in total. The SMILES string of the molecule is CCC(C)CNC(=O)C[C@H](O)C(CC(C)C)NC(=O)C(CCNC(C)=O)NC(=O)C(Cc1cccc2ccccc12)Cc1cccc2ccccc12. The normalized spacial score (nSPS) is 13.8. The second-order valence-electron chi connectivity index (χ2n) is 14.5. The maximum atomic E-state index is 14.4. The quantitative estimate of drug-likeness (QED) is 0.0833. The standard InChI is InChI=1S/C43H56N4O5/c1-6-29(4)27-45-41(50)26-40(49)39(23-28(2)3)47-43(52)38(21-22-44-30(5)48)46-42(51)35(24-33-17-11-15-31-13-7-9-19-36(31)33)25-34-18-12-16-32-14-8-10-20-37(32)34/h7-20,28-29,35,38-40,49H,6,21-27H2,1-5H3,(H,44,48)(H,45,50)(H,46,51)(H,47,52)/t29?,38?,39?,40-/m0/s1. The monoisotopic (exact) mass is 708 g/mol. The lowest BCUT2D eigenvalue weighted by molar-refractivity contribution is -0.132. The molecule has 5 N–H and O–H groups in total. The molecule has 0 saturated carbocycles. The number of amides is 4. The van der Waals surface area contributed by atoms with E-state index in [-0.39, 0.29) is 43.0 Å². The number of benzene rings is 4. The van der Waals surface area contributed by atoms with Gasteiger partial charge in [-0.15, -0.1) is 0 Å². The van der Waals surface area contributed by atoms with Gasteiger partial charge >= 0.3 is 0 Å². The summed E-state index contributed by atoms with van der Waals surface area (Å²) >= 11 is 0. The van der Waals surface area contributed by atoms with Crippen molar-refractivity contribution in [1.29, 1.82) is 0 Å². The molecular weight excluding hydrogens is 652 g/mol. The fourth-order valence-electron chi connectivity index (χ4n) is 6.62. The maximum absolute atomic E-state index is 14.4. The molecule has 0 bridgehead atoms. The van der Waals surface area contributed by atoms with Crippen LogP contribution < -0.4 is 21.3 Å². The van der Waals surface area contributed by atoms with E-state index in [4.69, 9.17) is 0 Å². The van der Waals surface area contributed by atoms with Crippen molar-refractivity contribution in [3.05, 3.63) is 96.1 Å². The van der Waals surface area contributed by atoms with Gasteiger partial charge in [0.1, 0.15) is 6.04 Å². The number of fused-ring (bicyclic) bond motifs is 2. The Morgan fingerprint density at radius 3 is 1.81 bits per heavy atom. The van der Waals surface area contributed by atoms with Gasteiger partial charge in [0, 0.05) is 25.9 Å². The zero-order valence-electron chi connectivity index (χ0n) is 31.3. The Morgan fingerprint density at radius 2 is 1.27 bits per heavy atom. The van der Waals surface area contributed by atoms with Crippen LogP contribution in [0.5, 0.6) is 0 Å². The van der Waals surface area contributed by atoms with Gasteiger partial charge in [-0.05, 0) is 70.2 Å². The van der Waals surface area contributed by atoms with Crippen LogP contribution >= 0.6 is 0 Å². The summed E-state index contributed by atoms with van der Waals surface area (Å²) in [5.41, 5.74) is 2.06. The second-order valence-corrected chi connectivity index (χ2v) is 14.5. The van der Waals surface area contributed by atoms with Gasteiger partial charge in [-0.1, -0.05) is 119 Å². The van der Waals surface area contributed by atoms with Gasteiger partial charge in [0.25, 0.3) is 0 Å². The molecule has 0 aliphatic heterocycles. The highest BCUT2D eigenvalue weighted by Gasteiger charge is 2.31. The first-order valence-corrected chi connectivity index (χ1v) is 18.7. The molecule has 0 aromatic heterocycles. The molecule has 0 spiro atoms. The lowest BCUT2D eigenvalue weighted by Gasteiger charge is -2.29. The molecule has 0 heterocycles. The number of carbonyl (C=O) groups is 4. The molecule has 0 aliphatic carbocycles. The fourth-order valence-corrected chi connectivity index (χ4v) is 6.62. The topological polar surface area (TPSA) is 137 Å². The highest BCUT2D eigenvalue weighted by Crippen LogP contribution is 2.26. The Bertz CT molecular complexity index is 1720. The summed E-state index contributed by atoms with van der Waals surface area (Å²) in [5.74, 6) is -1.39. The molecule has 4 rings (SSSR count). The first-order chi connectivity index (χ1) is 24.9. The Morgan fingerprint density at radius 1 is 0.712 bits per heavy atom. The number of aliphatic hydroxyl groups is 1. The smallest absolute Gasteiger partial charge is 0.242 e. The fraction of sp³-hybridized carbons (Fsp3) is 0.442. The van der Waals surface area contributed by atoms with Crippen molar-refractivity contribution >= 4 is 45.2 Å². The third kappa shape index (κ3) is 11.9.